The lowest BCUT2D eigenvalue weighted by molar-refractivity contribution is 0.662. The van der Waals surface area contributed by atoms with E-state index in [4.69, 9.17) is 18.8 Å². The molecule has 0 aliphatic carbocycles. The first-order valence-corrected chi connectivity index (χ1v) is 17.5. The van der Waals surface area contributed by atoms with E-state index >= 15 is 0 Å². The molecule has 52 heavy (non-hydrogen) atoms. The Morgan fingerprint density at radius 2 is 1.04 bits per heavy atom. The summed E-state index contributed by atoms with van der Waals surface area (Å²) >= 11 is 0. The first kappa shape index (κ1) is 28.8. The number of aliphatic imine (C=N–C) groups is 2. The van der Waals surface area contributed by atoms with Crippen LogP contribution in [0.25, 0.3) is 76.5 Å². The molecule has 0 amide bonds. The van der Waals surface area contributed by atoms with Crippen LogP contribution in [-0.4, -0.2) is 11.7 Å². The maximum Gasteiger partial charge on any atom is 0.160 e. The van der Waals surface area contributed by atoms with E-state index in [2.05, 4.69) is 133 Å². The number of fused-ring (bicyclic) bond motifs is 8. The molecule has 0 bridgehead atoms. The summed E-state index contributed by atoms with van der Waals surface area (Å²) in [5.41, 5.74) is 8.36. The summed E-state index contributed by atoms with van der Waals surface area (Å²) < 4.78 is 12.9. The Kier molecular flexibility index (Phi) is 6.25. The van der Waals surface area contributed by atoms with Gasteiger partial charge in [0, 0.05) is 38.2 Å². The van der Waals surface area contributed by atoms with Crippen LogP contribution in [0.5, 0.6) is 0 Å². The Bertz CT molecular complexity index is 3130. The summed E-state index contributed by atoms with van der Waals surface area (Å²) in [4.78, 5) is 10.8. The Hall–Kier alpha value is -6.98. The molecule has 0 radical (unpaired) electrons. The molecule has 1 atom stereocenters. The summed E-state index contributed by atoms with van der Waals surface area (Å²) in [7, 11) is 0. The average molecular weight is 668 g/mol. The van der Waals surface area contributed by atoms with Gasteiger partial charge in [0.1, 0.15) is 34.3 Å². The predicted molar refractivity (Wildman–Crippen MR) is 213 cm³/mol. The minimum Gasteiger partial charge on any atom is -0.456 e. The lowest BCUT2D eigenvalue weighted by atomic mass is 9.96. The molecule has 1 aliphatic rings. The van der Waals surface area contributed by atoms with Gasteiger partial charge in [0.15, 0.2) is 5.84 Å². The van der Waals surface area contributed by atoms with Gasteiger partial charge in [0.2, 0.25) is 0 Å². The standard InChI is InChI=1S/C47H29N3O2/c1-3-12-30-24-32(22-20-28(30)10-1)34-26-38(44-36-15-6-8-18-40(36)52-42(44)27-34)47-49-45(33-23-21-29-11-2-4-13-31(29)25-33)48-46(50-47)37-16-9-19-41-43(37)35-14-5-7-17-39(35)51-41/h1-27,46H,(H,48,49,50). The predicted octanol–water partition coefficient (Wildman–Crippen LogP) is 12.0. The van der Waals surface area contributed by atoms with Crippen LogP contribution in [0.2, 0.25) is 0 Å². The molecule has 1 aliphatic heterocycles. The summed E-state index contributed by atoms with van der Waals surface area (Å²) in [6, 6.07) is 56.9. The van der Waals surface area contributed by atoms with Crippen molar-refractivity contribution >= 4 is 77.1 Å². The molecule has 0 spiro atoms. The maximum atomic E-state index is 6.57. The zero-order valence-electron chi connectivity index (χ0n) is 27.9. The Morgan fingerprint density at radius 1 is 0.442 bits per heavy atom. The van der Waals surface area contributed by atoms with E-state index < -0.39 is 6.17 Å². The number of nitrogens with zero attached hydrogens (tertiary/aromatic N) is 2. The van der Waals surface area contributed by atoms with E-state index in [0.717, 1.165) is 82.9 Å². The fraction of sp³-hybridized carbons (Fsp3) is 0.0213. The molecule has 11 rings (SSSR count). The zero-order valence-corrected chi connectivity index (χ0v) is 27.9. The lowest BCUT2D eigenvalue weighted by Gasteiger charge is -2.25. The third-order valence-corrected chi connectivity index (χ3v) is 10.3. The summed E-state index contributed by atoms with van der Waals surface area (Å²) in [5.74, 6) is 1.39. The highest BCUT2D eigenvalue weighted by atomic mass is 16.3. The summed E-state index contributed by atoms with van der Waals surface area (Å²) in [5, 5.41) is 12.6. The number of amidine groups is 2. The third-order valence-electron chi connectivity index (χ3n) is 10.3. The molecule has 5 nitrogen and oxygen atoms in total. The number of benzene rings is 8. The highest BCUT2D eigenvalue weighted by molar-refractivity contribution is 6.23. The quantitative estimate of drug-likeness (QED) is 0.203. The molecular formula is C47H29N3O2. The van der Waals surface area contributed by atoms with Gasteiger partial charge >= 0.3 is 0 Å². The fourth-order valence-corrected chi connectivity index (χ4v) is 7.81. The number of hydrogen-bond donors (Lipinski definition) is 1. The van der Waals surface area contributed by atoms with Crippen LogP contribution in [0.15, 0.2) is 183 Å². The van der Waals surface area contributed by atoms with Gasteiger partial charge in [0.05, 0.1) is 0 Å². The highest BCUT2D eigenvalue weighted by Gasteiger charge is 2.27. The van der Waals surface area contributed by atoms with Crippen LogP contribution in [0.3, 0.4) is 0 Å². The topological polar surface area (TPSA) is 63.0 Å². The van der Waals surface area contributed by atoms with Gasteiger partial charge < -0.3 is 14.2 Å². The van der Waals surface area contributed by atoms with Crippen molar-refractivity contribution in [3.05, 3.63) is 180 Å². The minimum absolute atomic E-state index is 0.448. The summed E-state index contributed by atoms with van der Waals surface area (Å²) in [6.07, 6.45) is -0.448. The van der Waals surface area contributed by atoms with Crippen molar-refractivity contribution in [1.82, 2.24) is 5.32 Å². The second kappa shape index (κ2) is 11.3. The molecule has 8 aromatic carbocycles. The van der Waals surface area contributed by atoms with E-state index in [9.17, 15) is 0 Å². The van der Waals surface area contributed by atoms with Crippen LogP contribution in [0.1, 0.15) is 22.9 Å². The van der Waals surface area contributed by atoms with E-state index in [0.29, 0.717) is 5.84 Å². The second-order valence-electron chi connectivity index (χ2n) is 13.4. The van der Waals surface area contributed by atoms with Crippen molar-refractivity contribution in [3.8, 4) is 11.1 Å². The van der Waals surface area contributed by atoms with Gasteiger partial charge in [-0.05, 0) is 75.1 Å². The lowest BCUT2D eigenvalue weighted by Crippen LogP contribution is -2.33. The first-order chi connectivity index (χ1) is 25.7. The van der Waals surface area contributed by atoms with Gasteiger partial charge in [-0.2, -0.15) is 0 Å². The van der Waals surface area contributed by atoms with E-state index in [1.807, 2.05) is 36.4 Å². The van der Waals surface area contributed by atoms with Crippen LogP contribution < -0.4 is 5.32 Å². The number of hydrogen-bond acceptors (Lipinski definition) is 5. The normalized spacial score (nSPS) is 14.7. The van der Waals surface area contributed by atoms with Crippen molar-refractivity contribution < 1.29 is 8.83 Å². The number of rotatable bonds is 4. The Balaban J connectivity index is 1.18. The number of para-hydroxylation sites is 2. The molecule has 3 heterocycles. The third kappa shape index (κ3) is 4.56. The smallest absolute Gasteiger partial charge is 0.160 e. The van der Waals surface area contributed by atoms with E-state index in [-0.39, 0.29) is 0 Å². The van der Waals surface area contributed by atoms with Gasteiger partial charge in [-0.25, -0.2) is 9.98 Å². The van der Waals surface area contributed by atoms with E-state index in [1.54, 1.807) is 0 Å². The molecule has 0 saturated heterocycles. The molecule has 10 aromatic rings. The van der Waals surface area contributed by atoms with Crippen LogP contribution in [0, 0.1) is 0 Å². The molecule has 1 unspecified atom stereocenters. The van der Waals surface area contributed by atoms with Crippen LogP contribution in [0.4, 0.5) is 0 Å². The minimum atomic E-state index is -0.448. The number of furan rings is 2. The highest BCUT2D eigenvalue weighted by Crippen LogP contribution is 2.39. The first-order valence-electron chi connectivity index (χ1n) is 17.5. The zero-order chi connectivity index (χ0) is 34.2. The molecule has 244 valence electrons. The Labute approximate surface area is 298 Å². The van der Waals surface area contributed by atoms with Crippen LogP contribution >= 0.6 is 0 Å². The molecule has 0 fully saturated rings. The van der Waals surface area contributed by atoms with E-state index in [1.165, 1.54) is 16.2 Å². The largest absolute Gasteiger partial charge is 0.456 e. The molecule has 1 N–H and O–H groups in total. The van der Waals surface area contributed by atoms with Crippen LogP contribution in [-0.2, 0) is 0 Å². The number of nitrogens with one attached hydrogen (secondary N) is 1. The monoisotopic (exact) mass is 667 g/mol. The van der Waals surface area contributed by atoms with Gasteiger partial charge in [0.25, 0.3) is 0 Å². The van der Waals surface area contributed by atoms with Crippen molar-refractivity contribution in [2.45, 2.75) is 6.17 Å². The fourth-order valence-electron chi connectivity index (χ4n) is 7.81. The molecule has 2 aromatic heterocycles. The van der Waals surface area contributed by atoms with Crippen molar-refractivity contribution in [2.75, 3.05) is 0 Å². The van der Waals surface area contributed by atoms with Gasteiger partial charge in [-0.1, -0.05) is 121 Å². The Morgan fingerprint density at radius 3 is 1.79 bits per heavy atom. The van der Waals surface area contributed by atoms with Crippen molar-refractivity contribution in [1.29, 1.82) is 0 Å². The second-order valence-corrected chi connectivity index (χ2v) is 13.4. The van der Waals surface area contributed by atoms with Gasteiger partial charge in [-0.3, -0.25) is 0 Å². The van der Waals surface area contributed by atoms with Crippen molar-refractivity contribution in [2.24, 2.45) is 9.98 Å². The average Bonchev–Trinajstić information content (AvgIpc) is 3.78. The summed E-state index contributed by atoms with van der Waals surface area (Å²) in [6.45, 7) is 0. The molecular weight excluding hydrogens is 639 g/mol. The SMILES string of the molecule is c1ccc2cc(C3=NC(c4cc(-c5ccc6ccccc6c5)cc5oc6ccccc6c45)=NC(c4cccc5oc6ccccc6c45)N3)ccc2c1. The molecule has 5 heteroatoms. The molecule has 0 saturated carbocycles. The van der Waals surface area contributed by atoms with Gasteiger partial charge in [-0.15, -0.1) is 0 Å². The van der Waals surface area contributed by atoms with Crippen molar-refractivity contribution in [3.63, 3.8) is 0 Å². The maximum absolute atomic E-state index is 6.57.